The number of carbonyl (C=O) groups is 2. The minimum atomic E-state index is -0.967. The van der Waals surface area contributed by atoms with Crippen LogP contribution in [0.2, 0.25) is 5.02 Å². The molecule has 6 heteroatoms. The lowest BCUT2D eigenvalue weighted by molar-refractivity contribution is -0.148. The number of carboxylic acid groups (broad SMARTS) is 1. The maximum Gasteiger partial charge on any atom is 0.326 e. The van der Waals surface area contributed by atoms with E-state index in [4.69, 9.17) is 16.7 Å². The van der Waals surface area contributed by atoms with Crippen molar-refractivity contribution in [1.29, 1.82) is 0 Å². The van der Waals surface area contributed by atoms with Crippen LogP contribution in [-0.4, -0.2) is 40.7 Å². The molecule has 1 aromatic carbocycles. The van der Waals surface area contributed by atoms with E-state index in [1.54, 1.807) is 6.92 Å². The number of benzene rings is 1. The Morgan fingerprint density at radius 1 is 1.35 bits per heavy atom. The van der Waals surface area contributed by atoms with Crippen LogP contribution in [0.25, 0.3) is 0 Å². The highest BCUT2D eigenvalue weighted by Gasteiger charge is 2.24. The van der Waals surface area contributed by atoms with Gasteiger partial charge in [0.05, 0.1) is 5.75 Å². The molecule has 0 saturated heterocycles. The summed E-state index contributed by atoms with van der Waals surface area (Å²) in [6, 6.07) is 6.69. The van der Waals surface area contributed by atoms with Crippen molar-refractivity contribution < 1.29 is 14.7 Å². The normalized spacial score (nSPS) is 11.9. The molecule has 0 bridgehead atoms. The molecule has 110 valence electrons. The van der Waals surface area contributed by atoms with E-state index < -0.39 is 12.0 Å². The van der Waals surface area contributed by atoms with E-state index in [0.29, 0.717) is 17.2 Å². The first-order valence-corrected chi connectivity index (χ1v) is 7.79. The smallest absolute Gasteiger partial charge is 0.326 e. The van der Waals surface area contributed by atoms with Crippen molar-refractivity contribution in [3.63, 3.8) is 0 Å². The van der Waals surface area contributed by atoms with Crippen LogP contribution in [0.4, 0.5) is 0 Å². The molecule has 0 aliphatic carbocycles. The largest absolute Gasteiger partial charge is 0.480 e. The van der Waals surface area contributed by atoms with Gasteiger partial charge in [0.25, 0.3) is 0 Å². The summed E-state index contributed by atoms with van der Waals surface area (Å²) < 4.78 is 0. The van der Waals surface area contributed by atoms with Gasteiger partial charge in [0.15, 0.2) is 0 Å². The first-order chi connectivity index (χ1) is 9.45. The van der Waals surface area contributed by atoms with Gasteiger partial charge in [0.1, 0.15) is 6.04 Å². The zero-order valence-corrected chi connectivity index (χ0v) is 13.1. The molecule has 0 spiro atoms. The third-order valence-corrected chi connectivity index (χ3v) is 4.18. The second kappa shape index (κ2) is 8.17. The van der Waals surface area contributed by atoms with Gasteiger partial charge < -0.3 is 10.0 Å². The van der Waals surface area contributed by atoms with Crippen LogP contribution in [0.3, 0.4) is 0 Å². The molecule has 1 unspecified atom stereocenters. The van der Waals surface area contributed by atoms with Crippen LogP contribution in [0.15, 0.2) is 24.3 Å². The number of rotatable bonds is 7. The highest BCUT2D eigenvalue weighted by atomic mass is 35.5. The number of nitrogens with zero attached hydrogens (tertiary/aromatic N) is 1. The van der Waals surface area contributed by atoms with E-state index >= 15 is 0 Å². The molecular weight excluding hydrogens is 298 g/mol. The van der Waals surface area contributed by atoms with Crippen molar-refractivity contribution in [3.8, 4) is 0 Å². The number of hydrogen-bond donors (Lipinski definition) is 1. The fourth-order valence-electron chi connectivity index (χ4n) is 1.73. The van der Waals surface area contributed by atoms with Crippen LogP contribution < -0.4 is 0 Å². The van der Waals surface area contributed by atoms with E-state index in [9.17, 15) is 9.59 Å². The monoisotopic (exact) mass is 315 g/mol. The van der Waals surface area contributed by atoms with E-state index in [1.165, 1.54) is 23.7 Å². The lowest BCUT2D eigenvalue weighted by Gasteiger charge is -2.23. The van der Waals surface area contributed by atoms with Crippen molar-refractivity contribution in [2.45, 2.75) is 25.1 Å². The van der Waals surface area contributed by atoms with Crippen molar-refractivity contribution in [1.82, 2.24) is 4.90 Å². The van der Waals surface area contributed by atoms with Crippen molar-refractivity contribution in [2.75, 3.05) is 12.8 Å². The number of carbonyl (C=O) groups excluding carboxylic acids is 1. The minimum Gasteiger partial charge on any atom is -0.480 e. The Balaban J connectivity index is 2.43. The molecule has 1 amide bonds. The molecule has 0 radical (unpaired) electrons. The first kappa shape index (κ1) is 16.9. The van der Waals surface area contributed by atoms with Crippen molar-refractivity contribution in [2.24, 2.45) is 0 Å². The van der Waals surface area contributed by atoms with Gasteiger partial charge in [-0.3, -0.25) is 4.79 Å². The molecule has 0 aliphatic heterocycles. The topological polar surface area (TPSA) is 57.6 Å². The molecule has 1 aromatic rings. The predicted octanol–water partition coefficient (Wildman–Crippen LogP) is 2.89. The molecule has 0 fully saturated rings. The number of aliphatic carboxylic acids is 1. The van der Waals surface area contributed by atoms with Gasteiger partial charge in [0, 0.05) is 17.8 Å². The second-order valence-electron chi connectivity index (χ2n) is 4.39. The summed E-state index contributed by atoms with van der Waals surface area (Å²) in [7, 11) is 1.54. The minimum absolute atomic E-state index is 0.168. The molecule has 0 aliphatic rings. The summed E-state index contributed by atoms with van der Waals surface area (Å²) >= 11 is 7.26. The van der Waals surface area contributed by atoms with Gasteiger partial charge >= 0.3 is 5.97 Å². The highest BCUT2D eigenvalue weighted by molar-refractivity contribution is 7.99. The second-order valence-corrected chi connectivity index (χ2v) is 5.81. The van der Waals surface area contributed by atoms with Crippen LogP contribution in [0.5, 0.6) is 0 Å². The number of halogens is 1. The van der Waals surface area contributed by atoms with Gasteiger partial charge in [-0.2, -0.15) is 0 Å². The lowest BCUT2D eigenvalue weighted by Crippen LogP contribution is -2.42. The Kier molecular flexibility index (Phi) is 6.88. The number of carboxylic acids is 1. The third kappa shape index (κ3) is 5.06. The summed E-state index contributed by atoms with van der Waals surface area (Å²) in [5.74, 6) is -0.173. The molecule has 0 heterocycles. The van der Waals surface area contributed by atoms with Crippen LogP contribution in [0.1, 0.15) is 18.9 Å². The zero-order valence-electron chi connectivity index (χ0n) is 11.5. The Morgan fingerprint density at radius 2 is 1.95 bits per heavy atom. The Morgan fingerprint density at radius 3 is 2.45 bits per heavy atom. The van der Waals surface area contributed by atoms with Gasteiger partial charge in [0.2, 0.25) is 5.91 Å². The predicted molar refractivity (Wildman–Crippen MR) is 82.1 cm³/mol. The van der Waals surface area contributed by atoms with Crippen molar-refractivity contribution >= 4 is 35.2 Å². The maximum absolute atomic E-state index is 11.9. The summed E-state index contributed by atoms with van der Waals surface area (Å²) in [5.41, 5.74) is 1.08. The zero-order chi connectivity index (χ0) is 15.1. The first-order valence-electron chi connectivity index (χ1n) is 6.26. The molecule has 4 nitrogen and oxygen atoms in total. The van der Waals surface area contributed by atoms with E-state index in [0.717, 1.165) is 5.56 Å². The Bertz CT molecular complexity index is 464. The average molecular weight is 316 g/mol. The Labute approximate surface area is 128 Å². The summed E-state index contributed by atoms with van der Waals surface area (Å²) in [4.78, 5) is 24.2. The molecule has 1 N–H and O–H groups in total. The molecule has 0 aromatic heterocycles. The number of likely N-dealkylation sites (N-methyl/N-ethyl adjacent to an activating group) is 1. The van der Waals surface area contributed by atoms with Gasteiger partial charge in [-0.25, -0.2) is 4.79 Å². The fourth-order valence-corrected chi connectivity index (χ4v) is 2.76. The van der Waals surface area contributed by atoms with Crippen molar-refractivity contribution in [3.05, 3.63) is 34.9 Å². The van der Waals surface area contributed by atoms with Crippen LogP contribution >= 0.6 is 23.4 Å². The van der Waals surface area contributed by atoms with E-state index in [-0.39, 0.29) is 11.7 Å². The summed E-state index contributed by atoms with van der Waals surface area (Å²) in [5, 5.41) is 9.69. The van der Waals surface area contributed by atoms with Crippen LogP contribution in [-0.2, 0) is 15.3 Å². The number of thioether (sulfide) groups is 1. The number of hydrogen-bond acceptors (Lipinski definition) is 3. The average Bonchev–Trinajstić information content (AvgIpc) is 2.41. The molecule has 1 atom stereocenters. The fraction of sp³-hybridized carbons (Fsp3) is 0.429. The maximum atomic E-state index is 11.9. The Hall–Kier alpha value is -1.20. The van der Waals surface area contributed by atoms with Gasteiger partial charge in [-0.05, 0) is 24.1 Å². The molecule has 1 rings (SSSR count). The van der Waals surface area contributed by atoms with E-state index in [1.807, 2.05) is 24.3 Å². The van der Waals surface area contributed by atoms with E-state index in [2.05, 4.69) is 0 Å². The molecule has 20 heavy (non-hydrogen) atoms. The summed E-state index contributed by atoms with van der Waals surface area (Å²) in [6.45, 7) is 1.75. The lowest BCUT2D eigenvalue weighted by atomic mass is 10.2. The number of amides is 1. The van der Waals surface area contributed by atoms with Gasteiger partial charge in [-0.1, -0.05) is 30.7 Å². The third-order valence-electron chi connectivity index (χ3n) is 2.94. The van der Waals surface area contributed by atoms with Gasteiger partial charge in [-0.15, -0.1) is 11.8 Å². The van der Waals surface area contributed by atoms with Crippen LogP contribution in [0, 0.1) is 0 Å². The molecular formula is C14H18ClNO3S. The quantitative estimate of drug-likeness (QED) is 0.840. The standard InChI is InChI=1S/C14H18ClNO3S/c1-3-12(14(18)19)16(2)13(17)9-20-8-10-4-6-11(15)7-5-10/h4-7,12H,3,8-9H2,1-2H3,(H,18,19). The molecule has 0 saturated carbocycles. The SMILES string of the molecule is CCC(C(=O)O)N(C)C(=O)CSCc1ccc(Cl)cc1. The highest BCUT2D eigenvalue weighted by Crippen LogP contribution is 2.16. The summed E-state index contributed by atoms with van der Waals surface area (Å²) in [6.07, 6.45) is 0.402.